The first kappa shape index (κ1) is 52.8. The van der Waals surface area contributed by atoms with Crippen LogP contribution < -0.4 is 0 Å². The van der Waals surface area contributed by atoms with Gasteiger partial charge in [0.25, 0.3) is 0 Å². The molecule has 0 aromatic carbocycles. The first-order valence-corrected chi connectivity index (χ1v) is 19.4. The molecule has 0 aromatic heterocycles. The van der Waals surface area contributed by atoms with Gasteiger partial charge in [-0.3, -0.25) is 47.9 Å². The highest BCUT2D eigenvalue weighted by atomic mass is 16.8. The Bertz CT molecular complexity index is 1730. The monoisotopic (exact) mass is 924 g/mol. The van der Waals surface area contributed by atoms with Gasteiger partial charge in [-0.1, -0.05) is 0 Å². The molecule has 3 rings (SSSR count). The first-order chi connectivity index (χ1) is 29.9. The maximum Gasteiger partial charge on any atom is 0.303 e. The van der Waals surface area contributed by atoms with Crippen molar-refractivity contribution in [2.24, 2.45) is 0 Å². The van der Waals surface area contributed by atoms with Gasteiger partial charge in [0.05, 0.1) is 0 Å². The Morgan fingerprint density at radius 2 is 0.578 bits per heavy atom. The van der Waals surface area contributed by atoms with Crippen molar-refractivity contribution in [2.45, 2.75) is 161 Å². The summed E-state index contributed by atoms with van der Waals surface area (Å²) in [6.07, 6.45) is -27.2. The van der Waals surface area contributed by atoms with E-state index in [2.05, 4.69) is 0 Å². The van der Waals surface area contributed by atoms with Gasteiger partial charge in [0.15, 0.2) is 61.6 Å². The van der Waals surface area contributed by atoms with Gasteiger partial charge in [0.2, 0.25) is 0 Å². The van der Waals surface area contributed by atoms with Crippen LogP contribution in [0.3, 0.4) is 0 Å². The van der Waals surface area contributed by atoms with Gasteiger partial charge in [0, 0.05) is 69.2 Å². The minimum Gasteiger partial charge on any atom is -0.463 e. The van der Waals surface area contributed by atoms with Gasteiger partial charge in [-0.05, 0) is 0 Å². The third kappa shape index (κ3) is 15.6. The summed E-state index contributed by atoms with van der Waals surface area (Å²) in [5.41, 5.74) is 0. The largest absolute Gasteiger partial charge is 0.463 e. The van der Waals surface area contributed by atoms with Crippen molar-refractivity contribution in [1.29, 1.82) is 0 Å². The zero-order valence-electron chi connectivity index (χ0n) is 36.4. The maximum atomic E-state index is 12.9. The van der Waals surface area contributed by atoms with E-state index in [1.807, 2.05) is 0 Å². The molecule has 26 heteroatoms. The summed E-state index contributed by atoms with van der Waals surface area (Å²) < 4.78 is 84.2. The Balaban J connectivity index is 2.28. The number of aliphatic hydroxyl groups is 1. The van der Waals surface area contributed by atoms with Crippen molar-refractivity contribution in [1.82, 2.24) is 0 Å². The smallest absolute Gasteiger partial charge is 0.303 e. The van der Waals surface area contributed by atoms with E-state index < -0.39 is 172 Å². The molecule has 3 saturated heterocycles. The first-order valence-electron chi connectivity index (χ1n) is 19.4. The zero-order chi connectivity index (χ0) is 48.2. The summed E-state index contributed by atoms with van der Waals surface area (Å²) in [5.74, 6) is -9.61. The molecule has 15 atom stereocenters. The van der Waals surface area contributed by atoms with Crippen LogP contribution in [0.1, 0.15) is 69.2 Å². The summed E-state index contributed by atoms with van der Waals surface area (Å²) in [6.45, 7) is 7.65. The van der Waals surface area contributed by atoms with Crippen LogP contribution in [0.4, 0.5) is 0 Å². The molecule has 0 saturated carbocycles. The highest BCUT2D eigenvalue weighted by Crippen LogP contribution is 2.38. The average molecular weight is 925 g/mol. The molecule has 3 heterocycles. The number of ether oxygens (including phenoxy) is 15. The van der Waals surface area contributed by atoms with E-state index in [-0.39, 0.29) is 0 Å². The van der Waals surface area contributed by atoms with Crippen LogP contribution in [0.15, 0.2) is 0 Å². The molecule has 26 nitrogen and oxygen atoms in total. The van der Waals surface area contributed by atoms with Crippen LogP contribution in [0, 0.1) is 0 Å². The molecule has 0 unspecified atom stereocenters. The molecular formula is C38H52O26. The molecule has 0 amide bonds. The summed E-state index contributed by atoms with van der Waals surface area (Å²) >= 11 is 0. The van der Waals surface area contributed by atoms with Gasteiger partial charge >= 0.3 is 59.7 Å². The van der Waals surface area contributed by atoms with Gasteiger partial charge in [0.1, 0.15) is 50.3 Å². The van der Waals surface area contributed by atoms with E-state index in [4.69, 9.17) is 71.1 Å². The predicted molar refractivity (Wildman–Crippen MR) is 197 cm³/mol. The van der Waals surface area contributed by atoms with Crippen LogP contribution in [0.2, 0.25) is 0 Å². The standard InChI is InChI=1S/C38H52O26/c1-14(39)50-11-24-28(30(54-18(5)43)33(36(49)60-24)57-21(8)46)63-38-35(59-23(10)48)32(56-20(7)45)29(26(62-38)13-52-16(3)41)64-37-34(58-22(9)47)31(55-19(6)44)27(53-17(4)42)25(61-37)12-51-15(2)40/h24-38,49H,11-13H2,1-10H3/t24-,25-,26-,27+,28-,29+,30+,31+,32+,33-,34-,35-,36+,37+,38+/m1/s1. The minimum absolute atomic E-state index is 0.681. The second-order valence-corrected chi connectivity index (χ2v) is 14.3. The quantitative estimate of drug-likeness (QED) is 0.123. The van der Waals surface area contributed by atoms with E-state index in [1.54, 1.807) is 0 Å². The van der Waals surface area contributed by atoms with E-state index in [0.717, 1.165) is 69.2 Å². The summed E-state index contributed by atoms with van der Waals surface area (Å²) in [7, 11) is 0. The van der Waals surface area contributed by atoms with Crippen LogP contribution in [-0.4, -0.2) is 177 Å². The fraction of sp³-hybridized carbons (Fsp3) is 0.737. The van der Waals surface area contributed by atoms with E-state index in [9.17, 15) is 53.1 Å². The fourth-order valence-electron chi connectivity index (χ4n) is 6.77. The fourth-order valence-corrected chi connectivity index (χ4v) is 6.77. The van der Waals surface area contributed by atoms with Crippen molar-refractivity contribution in [3.8, 4) is 0 Å². The summed E-state index contributed by atoms with van der Waals surface area (Å²) in [6, 6.07) is 0. The van der Waals surface area contributed by atoms with Crippen LogP contribution in [0.25, 0.3) is 0 Å². The second-order valence-electron chi connectivity index (χ2n) is 14.3. The van der Waals surface area contributed by atoms with Crippen molar-refractivity contribution in [2.75, 3.05) is 19.8 Å². The molecule has 0 spiro atoms. The molecule has 3 fully saturated rings. The molecule has 0 radical (unpaired) electrons. The lowest BCUT2D eigenvalue weighted by atomic mass is 9.95. The average Bonchev–Trinajstić information content (AvgIpc) is 3.15. The Morgan fingerprint density at radius 3 is 0.906 bits per heavy atom. The Kier molecular flexibility index (Phi) is 19.8. The second kappa shape index (κ2) is 23.9. The number of carbonyl (C=O) groups excluding carboxylic acids is 10. The van der Waals surface area contributed by atoms with Crippen molar-refractivity contribution in [3.63, 3.8) is 0 Å². The molecule has 3 aliphatic heterocycles. The van der Waals surface area contributed by atoms with Gasteiger partial charge in [-0.15, -0.1) is 0 Å². The molecular weight excluding hydrogens is 872 g/mol. The number of carbonyl (C=O) groups is 10. The Labute approximate surface area is 364 Å². The molecule has 0 aromatic rings. The van der Waals surface area contributed by atoms with E-state index in [1.165, 1.54) is 0 Å². The lowest BCUT2D eigenvalue weighted by Crippen LogP contribution is -2.68. The number of hydrogen-bond donors (Lipinski definition) is 1. The predicted octanol–water partition coefficient (Wildman–Crippen LogP) is -1.86. The van der Waals surface area contributed by atoms with Crippen molar-refractivity contribution < 1.29 is 124 Å². The lowest BCUT2D eigenvalue weighted by Gasteiger charge is -2.50. The summed E-state index contributed by atoms with van der Waals surface area (Å²) in [5, 5.41) is 10.9. The van der Waals surface area contributed by atoms with Crippen LogP contribution in [0.5, 0.6) is 0 Å². The van der Waals surface area contributed by atoms with E-state index in [0.29, 0.717) is 0 Å². The Hall–Kier alpha value is -5.54. The highest BCUT2D eigenvalue weighted by molar-refractivity contribution is 5.70. The normalized spacial score (nSPS) is 32.3. The third-order valence-corrected chi connectivity index (χ3v) is 8.84. The number of hydrogen-bond acceptors (Lipinski definition) is 26. The van der Waals surface area contributed by atoms with E-state index >= 15 is 0 Å². The number of esters is 10. The zero-order valence-corrected chi connectivity index (χ0v) is 36.4. The van der Waals surface area contributed by atoms with Gasteiger partial charge < -0.3 is 76.2 Å². The van der Waals surface area contributed by atoms with Crippen molar-refractivity contribution >= 4 is 59.7 Å². The molecule has 360 valence electrons. The van der Waals surface area contributed by atoms with Crippen LogP contribution >= 0.6 is 0 Å². The van der Waals surface area contributed by atoms with Gasteiger partial charge in [-0.2, -0.15) is 0 Å². The van der Waals surface area contributed by atoms with Gasteiger partial charge in [-0.25, -0.2) is 0 Å². The lowest BCUT2D eigenvalue weighted by molar-refractivity contribution is -0.378. The van der Waals surface area contributed by atoms with Crippen molar-refractivity contribution in [3.05, 3.63) is 0 Å². The minimum atomic E-state index is -2.02. The summed E-state index contributed by atoms with van der Waals surface area (Å²) in [4.78, 5) is 124. The molecule has 3 aliphatic rings. The topological polar surface area (TPSA) is 329 Å². The maximum absolute atomic E-state index is 12.9. The Morgan fingerprint density at radius 1 is 0.328 bits per heavy atom. The molecule has 0 bridgehead atoms. The third-order valence-electron chi connectivity index (χ3n) is 8.84. The molecule has 64 heavy (non-hydrogen) atoms. The van der Waals surface area contributed by atoms with Crippen LogP contribution in [-0.2, 0) is 119 Å². The SMILES string of the molecule is CC(=O)OC[C@H]1O[C@@H](O[C@@H]2[C@H](OC(C)=O)[C@@H](OC(C)=O)[C@H](O[C@H]3[C@H](OC(C)=O)[C@@H](OC(C)=O)[C@@H](O)O[C@@H]3COC(C)=O)O[C@@H]2COC(C)=O)[C@H](OC(C)=O)[C@@H](OC(C)=O)[C@H]1OC(C)=O. The number of rotatable bonds is 17. The molecule has 0 aliphatic carbocycles. The number of aliphatic hydroxyl groups excluding tert-OH is 1. The highest BCUT2D eigenvalue weighted by Gasteiger charge is 2.59. The molecule has 1 N–H and O–H groups in total.